The summed E-state index contributed by atoms with van der Waals surface area (Å²) in [5, 5.41) is 11.7. The molecule has 13 nitrogen and oxygen atoms in total. The van der Waals surface area contributed by atoms with E-state index in [0.717, 1.165) is 4.90 Å². The number of hydrogen-bond donors (Lipinski definition) is 4. The minimum atomic E-state index is -4.31. The Morgan fingerprint density at radius 1 is 1.24 bits per heavy atom. The number of nitrogens with zero attached hydrogens (tertiary/aromatic N) is 4. The molecule has 2 saturated heterocycles. The van der Waals surface area contributed by atoms with Crippen molar-refractivity contribution in [2.24, 2.45) is 0 Å². The zero-order valence-corrected chi connectivity index (χ0v) is 23.4. The van der Waals surface area contributed by atoms with E-state index in [0.29, 0.717) is 5.02 Å². The van der Waals surface area contributed by atoms with Gasteiger partial charge in [0.25, 0.3) is 5.56 Å². The molecule has 1 unspecified atom stereocenters. The fourth-order valence-corrected chi connectivity index (χ4v) is 6.11. The number of aliphatic hydroxyl groups excluding tert-OH is 1. The number of rotatable bonds is 6. The molecule has 5 N–H and O–H groups in total. The Morgan fingerprint density at radius 2 is 1.89 bits per heavy atom. The van der Waals surface area contributed by atoms with Gasteiger partial charge in [0.05, 0.1) is 6.61 Å². The van der Waals surface area contributed by atoms with E-state index in [2.05, 4.69) is 40.6 Å². The molecule has 38 heavy (non-hydrogen) atoms. The molecular weight excluding hydrogens is 559 g/mol. The molecule has 0 radical (unpaired) electrons. The van der Waals surface area contributed by atoms with E-state index in [9.17, 15) is 19.4 Å². The molecule has 0 saturated carbocycles. The molecule has 2 aliphatic rings. The monoisotopic (exact) mass is 588 g/mol. The van der Waals surface area contributed by atoms with E-state index in [-0.39, 0.29) is 28.9 Å². The first kappa shape index (κ1) is 29.0. The molecule has 0 bridgehead atoms. The molecule has 2 aromatic heterocycles. The highest BCUT2D eigenvalue weighted by Crippen LogP contribution is 2.53. The number of hydrogen-bond acceptors (Lipinski definition) is 11. The Hall–Kier alpha value is -2.00. The van der Waals surface area contributed by atoms with Crippen molar-refractivity contribution >= 4 is 48.3 Å². The molecule has 2 aliphatic heterocycles. The van der Waals surface area contributed by atoms with Crippen LogP contribution in [0, 0.1) is 0 Å². The Bertz CT molecular complexity index is 1360. The van der Waals surface area contributed by atoms with Gasteiger partial charge in [-0.25, -0.2) is 9.55 Å². The summed E-state index contributed by atoms with van der Waals surface area (Å²) in [6.07, 6.45) is -4.46. The first-order valence-electron chi connectivity index (χ1n) is 12.0. The third kappa shape index (κ3) is 6.24. The van der Waals surface area contributed by atoms with E-state index >= 15 is 0 Å². The lowest BCUT2D eigenvalue weighted by molar-refractivity contribution is -0.0684. The summed E-state index contributed by atoms with van der Waals surface area (Å²) in [6, 6.07) is 6.90. The number of anilines is 1. The Labute approximate surface area is 227 Å². The van der Waals surface area contributed by atoms with E-state index < -0.39 is 37.9 Å². The molecule has 4 heterocycles. The lowest BCUT2D eigenvalue weighted by Gasteiger charge is -2.27. The molecule has 0 spiro atoms. The SMILES string of the molecule is CCN(CC)CC.Nc1nc2c(nc(Sc3ccc(Cl)cc3)n2[C@@H]2O[C@@H]3COP(=O)(O)O[C@H]3[C@H]2O)c(=O)[nH]1. The Kier molecular flexibility index (Phi) is 9.18. The second-order valence-corrected chi connectivity index (χ2v) is 11.3. The van der Waals surface area contributed by atoms with Crippen LogP contribution in [0.15, 0.2) is 39.1 Å². The number of phosphoric ester groups is 1. The largest absolute Gasteiger partial charge is 0.472 e. The van der Waals surface area contributed by atoms with Crippen LogP contribution in [0.25, 0.3) is 11.2 Å². The standard InChI is InChI=1S/C16H15ClN5O7PS.C6H15N/c17-6-1-3-7(4-2-6)31-16-19-9-12(20-15(18)21-13(9)24)22(16)14-10(23)11-8(28-14)5-27-30(25,26)29-11;1-4-7(5-2)6-3/h1-4,8,10-11,14,23H,5H2,(H,25,26)(H3,18,20,21,24);4-6H2,1-3H3/t8-,10-,11-,14-;/m1./s1. The number of phosphoric acid groups is 1. The fourth-order valence-electron chi connectivity index (χ4n) is 4.11. The molecule has 0 aliphatic carbocycles. The first-order valence-corrected chi connectivity index (χ1v) is 14.7. The van der Waals surface area contributed by atoms with Gasteiger partial charge in [0.2, 0.25) is 5.95 Å². The number of imidazole rings is 1. The Morgan fingerprint density at radius 3 is 2.50 bits per heavy atom. The van der Waals surface area contributed by atoms with Crippen molar-refractivity contribution in [3.05, 3.63) is 39.6 Å². The van der Waals surface area contributed by atoms with Crippen molar-refractivity contribution in [3.63, 3.8) is 0 Å². The van der Waals surface area contributed by atoms with Gasteiger partial charge < -0.3 is 25.4 Å². The number of halogens is 1. The van der Waals surface area contributed by atoms with Crippen molar-refractivity contribution in [1.82, 2.24) is 24.4 Å². The van der Waals surface area contributed by atoms with Gasteiger partial charge in [-0.05, 0) is 43.9 Å². The van der Waals surface area contributed by atoms with Gasteiger partial charge in [0.1, 0.15) is 18.3 Å². The highest BCUT2D eigenvalue weighted by atomic mass is 35.5. The average molecular weight is 589 g/mol. The molecule has 1 aromatic carbocycles. The quantitative estimate of drug-likeness (QED) is 0.310. The number of nitrogens with two attached hydrogens (primary N) is 1. The lowest BCUT2D eigenvalue weighted by atomic mass is 10.1. The number of ether oxygens (including phenoxy) is 1. The Balaban J connectivity index is 0.000000426. The predicted molar refractivity (Wildman–Crippen MR) is 142 cm³/mol. The molecule has 208 valence electrons. The number of H-pyrrole nitrogens is 1. The second-order valence-electron chi connectivity index (χ2n) is 8.45. The number of aromatic nitrogens is 4. The normalized spacial score (nSPS) is 26.8. The maximum Gasteiger partial charge on any atom is 0.472 e. The van der Waals surface area contributed by atoms with Crippen LogP contribution in [0.4, 0.5) is 5.95 Å². The van der Waals surface area contributed by atoms with Gasteiger partial charge in [-0.3, -0.25) is 23.4 Å². The molecule has 3 aromatic rings. The minimum absolute atomic E-state index is 0.0127. The van der Waals surface area contributed by atoms with E-state index in [1.54, 1.807) is 24.3 Å². The van der Waals surface area contributed by atoms with Crippen LogP contribution in [0.2, 0.25) is 5.02 Å². The van der Waals surface area contributed by atoms with Crippen LogP contribution in [-0.4, -0.2) is 79.0 Å². The second kappa shape index (κ2) is 12.0. The third-order valence-corrected chi connectivity index (χ3v) is 8.34. The van der Waals surface area contributed by atoms with Crippen molar-refractivity contribution in [2.75, 3.05) is 32.0 Å². The summed E-state index contributed by atoms with van der Waals surface area (Å²) < 4.78 is 28.9. The molecule has 5 rings (SSSR count). The first-order chi connectivity index (χ1) is 18.1. The van der Waals surface area contributed by atoms with Gasteiger partial charge in [0, 0.05) is 9.92 Å². The van der Waals surface area contributed by atoms with E-state index in [1.165, 1.54) is 36.0 Å². The van der Waals surface area contributed by atoms with Crippen molar-refractivity contribution < 1.29 is 28.3 Å². The smallest absolute Gasteiger partial charge is 0.386 e. The van der Waals surface area contributed by atoms with E-state index in [1.807, 2.05) is 0 Å². The summed E-state index contributed by atoms with van der Waals surface area (Å²) in [7, 11) is -4.31. The van der Waals surface area contributed by atoms with Crippen LogP contribution < -0.4 is 11.3 Å². The summed E-state index contributed by atoms with van der Waals surface area (Å²) in [5.41, 5.74) is 5.21. The summed E-state index contributed by atoms with van der Waals surface area (Å²) in [6.45, 7) is 9.87. The number of aliphatic hydroxyl groups is 1. The molecule has 2 fully saturated rings. The molecule has 16 heteroatoms. The van der Waals surface area contributed by atoms with Gasteiger partial charge in [-0.2, -0.15) is 4.98 Å². The highest BCUT2D eigenvalue weighted by molar-refractivity contribution is 7.99. The van der Waals surface area contributed by atoms with Crippen molar-refractivity contribution in [3.8, 4) is 0 Å². The van der Waals surface area contributed by atoms with Gasteiger partial charge in [-0.1, -0.05) is 44.1 Å². The predicted octanol–water partition coefficient (Wildman–Crippen LogP) is 2.63. The number of aromatic amines is 1. The highest BCUT2D eigenvalue weighted by Gasteiger charge is 2.53. The molecule has 5 atom stereocenters. The molecular formula is C22H30ClN6O7PS. The third-order valence-electron chi connectivity index (χ3n) is 6.12. The minimum Gasteiger partial charge on any atom is -0.386 e. The fraction of sp³-hybridized carbons (Fsp3) is 0.500. The topological polar surface area (TPSA) is 178 Å². The van der Waals surface area contributed by atoms with Gasteiger partial charge >= 0.3 is 7.82 Å². The van der Waals surface area contributed by atoms with E-state index in [4.69, 9.17) is 31.1 Å². The summed E-state index contributed by atoms with van der Waals surface area (Å²) in [5.74, 6) is -0.147. The van der Waals surface area contributed by atoms with Crippen LogP contribution >= 0.6 is 31.2 Å². The van der Waals surface area contributed by atoms with Crippen LogP contribution in [0.3, 0.4) is 0 Å². The maximum atomic E-state index is 12.4. The number of benzene rings is 1. The van der Waals surface area contributed by atoms with Crippen LogP contribution in [0.5, 0.6) is 0 Å². The van der Waals surface area contributed by atoms with Crippen LogP contribution in [-0.2, 0) is 18.3 Å². The lowest BCUT2D eigenvalue weighted by Crippen LogP contribution is -2.39. The van der Waals surface area contributed by atoms with Crippen LogP contribution in [0.1, 0.15) is 27.0 Å². The number of nitrogen functional groups attached to an aromatic ring is 1. The zero-order valence-electron chi connectivity index (χ0n) is 21.0. The van der Waals surface area contributed by atoms with Gasteiger partial charge in [-0.15, -0.1) is 0 Å². The number of nitrogens with one attached hydrogen (secondary N) is 1. The summed E-state index contributed by atoms with van der Waals surface area (Å²) >= 11 is 7.12. The summed E-state index contributed by atoms with van der Waals surface area (Å²) in [4.78, 5) is 36.0. The molecule has 0 amide bonds. The zero-order chi connectivity index (χ0) is 27.6. The average Bonchev–Trinajstić information content (AvgIpc) is 3.38. The van der Waals surface area contributed by atoms with Crippen molar-refractivity contribution in [1.29, 1.82) is 0 Å². The maximum absolute atomic E-state index is 12.4. The number of fused-ring (bicyclic) bond motifs is 2. The van der Waals surface area contributed by atoms with Crippen molar-refractivity contribution in [2.45, 2.75) is 55.4 Å². The van der Waals surface area contributed by atoms with Gasteiger partial charge in [0.15, 0.2) is 22.5 Å².